The fraction of sp³-hybridized carbons (Fsp3) is 0.273. The number of thioether (sulfide) groups is 1. The Kier molecular flexibility index (Phi) is 6.51. The number of fused-ring (bicyclic) bond motifs is 1. The van der Waals surface area contributed by atoms with E-state index in [-0.39, 0.29) is 28.7 Å². The molecule has 4 rings (SSSR count). The van der Waals surface area contributed by atoms with Gasteiger partial charge in [-0.25, -0.2) is 4.98 Å². The molecular formula is C22H20F3N5O3S. The van der Waals surface area contributed by atoms with Crippen molar-refractivity contribution in [1.29, 1.82) is 0 Å². The van der Waals surface area contributed by atoms with E-state index in [2.05, 4.69) is 15.4 Å². The lowest BCUT2D eigenvalue weighted by atomic mass is 10.1. The van der Waals surface area contributed by atoms with Gasteiger partial charge in [0.1, 0.15) is 11.3 Å². The highest BCUT2D eigenvalue weighted by Gasteiger charge is 2.33. The van der Waals surface area contributed by atoms with Crippen LogP contribution in [0.5, 0.6) is 0 Å². The van der Waals surface area contributed by atoms with E-state index in [4.69, 9.17) is 4.42 Å². The summed E-state index contributed by atoms with van der Waals surface area (Å²) in [5.74, 6) is -0.419. The minimum atomic E-state index is -4.61. The van der Waals surface area contributed by atoms with Gasteiger partial charge in [-0.2, -0.15) is 18.3 Å². The quantitative estimate of drug-likeness (QED) is 0.306. The van der Waals surface area contributed by atoms with E-state index in [0.717, 1.165) is 17.8 Å². The molecule has 0 fully saturated rings. The molecule has 0 saturated carbocycles. The molecule has 0 saturated heterocycles. The first-order chi connectivity index (χ1) is 16.2. The second kappa shape index (κ2) is 9.37. The van der Waals surface area contributed by atoms with Crippen LogP contribution in [-0.4, -0.2) is 31.0 Å². The lowest BCUT2D eigenvalue weighted by Crippen LogP contribution is -2.26. The average Bonchev–Trinajstić information content (AvgIpc) is 3.41. The van der Waals surface area contributed by atoms with E-state index in [1.807, 2.05) is 6.92 Å². The summed E-state index contributed by atoms with van der Waals surface area (Å²) in [4.78, 5) is 30.4. The van der Waals surface area contributed by atoms with E-state index in [1.54, 1.807) is 23.7 Å². The molecule has 0 unspecified atom stereocenters. The highest BCUT2D eigenvalue weighted by Crippen LogP contribution is 2.34. The zero-order valence-electron chi connectivity index (χ0n) is 18.2. The highest BCUT2D eigenvalue weighted by molar-refractivity contribution is 7.99. The highest BCUT2D eigenvalue weighted by atomic mass is 32.2. The number of furan rings is 1. The van der Waals surface area contributed by atoms with Gasteiger partial charge in [0, 0.05) is 6.54 Å². The molecule has 3 heterocycles. The van der Waals surface area contributed by atoms with Crippen molar-refractivity contribution in [3.8, 4) is 0 Å². The van der Waals surface area contributed by atoms with Crippen molar-refractivity contribution in [3.63, 3.8) is 0 Å². The summed E-state index contributed by atoms with van der Waals surface area (Å²) in [6, 6.07) is 8.12. The third-order valence-corrected chi connectivity index (χ3v) is 5.99. The maximum Gasteiger partial charge on any atom is 0.418 e. The normalized spacial score (nSPS) is 11.8. The second-order valence-corrected chi connectivity index (χ2v) is 8.29. The number of carbonyl (C=O) groups is 1. The molecule has 12 heteroatoms. The van der Waals surface area contributed by atoms with Crippen LogP contribution in [0.4, 0.5) is 18.9 Å². The van der Waals surface area contributed by atoms with Gasteiger partial charge < -0.3 is 9.73 Å². The van der Waals surface area contributed by atoms with Gasteiger partial charge in [0.05, 0.1) is 35.5 Å². The number of hydrogen-bond donors (Lipinski definition) is 1. The molecule has 0 aliphatic carbocycles. The minimum Gasteiger partial charge on any atom is -0.467 e. The van der Waals surface area contributed by atoms with Gasteiger partial charge in [-0.05, 0) is 38.1 Å². The van der Waals surface area contributed by atoms with Crippen LogP contribution in [0.25, 0.3) is 11.0 Å². The Bertz CT molecular complexity index is 1390. The molecule has 0 bridgehead atoms. The molecule has 0 radical (unpaired) electrons. The summed E-state index contributed by atoms with van der Waals surface area (Å²) < 4.78 is 48.0. The number of carbonyl (C=O) groups excluding carboxylic acids is 1. The van der Waals surface area contributed by atoms with E-state index in [0.29, 0.717) is 29.0 Å². The molecule has 1 N–H and O–H groups in total. The molecule has 178 valence electrons. The third kappa shape index (κ3) is 4.72. The zero-order chi connectivity index (χ0) is 24.5. The summed E-state index contributed by atoms with van der Waals surface area (Å²) in [5.41, 5.74) is -0.326. The van der Waals surface area contributed by atoms with Gasteiger partial charge in [0.15, 0.2) is 10.7 Å². The number of para-hydroxylation sites is 1. The van der Waals surface area contributed by atoms with Gasteiger partial charge >= 0.3 is 6.18 Å². The fourth-order valence-corrected chi connectivity index (χ4v) is 4.27. The molecule has 8 nitrogen and oxygen atoms in total. The number of hydrogen-bond acceptors (Lipinski definition) is 6. The molecule has 0 aliphatic rings. The second-order valence-electron chi connectivity index (χ2n) is 7.34. The Hall–Kier alpha value is -3.54. The van der Waals surface area contributed by atoms with E-state index >= 15 is 0 Å². The Morgan fingerprint density at radius 3 is 2.65 bits per heavy atom. The number of anilines is 1. The maximum absolute atomic E-state index is 13.3. The van der Waals surface area contributed by atoms with Crippen molar-refractivity contribution < 1.29 is 22.4 Å². The largest absolute Gasteiger partial charge is 0.467 e. The minimum absolute atomic E-state index is 0.0730. The van der Waals surface area contributed by atoms with Crippen LogP contribution in [0.2, 0.25) is 0 Å². The van der Waals surface area contributed by atoms with Crippen molar-refractivity contribution in [2.75, 3.05) is 11.1 Å². The summed E-state index contributed by atoms with van der Waals surface area (Å²) in [5, 5.41) is 6.88. The van der Waals surface area contributed by atoms with Crippen molar-refractivity contribution >= 4 is 34.4 Å². The topological polar surface area (TPSA) is 95.0 Å². The monoisotopic (exact) mass is 491 g/mol. The summed E-state index contributed by atoms with van der Waals surface area (Å²) in [7, 11) is 0. The number of aryl methyl sites for hydroxylation is 2. The number of nitrogens with one attached hydrogen (secondary N) is 1. The SMILES string of the molecule is CCn1nc(C)c2nc(SCC(=O)Nc3ccccc3C(F)(F)F)n(Cc3ccco3)c(=O)c21. The molecule has 34 heavy (non-hydrogen) atoms. The van der Waals surface area contributed by atoms with Gasteiger partial charge in [0.25, 0.3) is 5.56 Å². The number of aromatic nitrogens is 4. The Labute approximate surface area is 195 Å². The van der Waals surface area contributed by atoms with Crippen molar-refractivity contribution in [2.45, 2.75) is 38.3 Å². The van der Waals surface area contributed by atoms with Crippen LogP contribution in [0, 0.1) is 6.92 Å². The number of benzene rings is 1. The zero-order valence-corrected chi connectivity index (χ0v) is 19.0. The first-order valence-corrected chi connectivity index (χ1v) is 11.3. The number of halogens is 3. The van der Waals surface area contributed by atoms with Crippen LogP contribution >= 0.6 is 11.8 Å². The van der Waals surface area contributed by atoms with Crippen LogP contribution in [-0.2, 0) is 24.1 Å². The summed E-state index contributed by atoms with van der Waals surface area (Å²) >= 11 is 0.944. The van der Waals surface area contributed by atoms with Crippen LogP contribution in [0.15, 0.2) is 57.0 Å². The van der Waals surface area contributed by atoms with Gasteiger partial charge in [0.2, 0.25) is 5.91 Å². The van der Waals surface area contributed by atoms with Crippen LogP contribution in [0.1, 0.15) is 23.9 Å². The van der Waals surface area contributed by atoms with E-state index < -0.39 is 17.6 Å². The van der Waals surface area contributed by atoms with Gasteiger partial charge in [-0.15, -0.1) is 0 Å². The van der Waals surface area contributed by atoms with Gasteiger partial charge in [-0.3, -0.25) is 18.8 Å². The van der Waals surface area contributed by atoms with Crippen LogP contribution < -0.4 is 10.9 Å². The molecule has 3 aromatic heterocycles. The fourth-order valence-electron chi connectivity index (χ4n) is 3.48. The van der Waals surface area contributed by atoms with Crippen molar-refractivity contribution in [1.82, 2.24) is 19.3 Å². The summed E-state index contributed by atoms with van der Waals surface area (Å²) in [6.45, 7) is 4.13. The molecule has 1 aromatic carbocycles. The molecule has 4 aromatic rings. The number of amides is 1. The number of nitrogens with zero attached hydrogens (tertiary/aromatic N) is 4. The lowest BCUT2D eigenvalue weighted by molar-refractivity contribution is -0.137. The molecule has 0 spiro atoms. The Morgan fingerprint density at radius 2 is 1.97 bits per heavy atom. The van der Waals surface area contributed by atoms with E-state index in [1.165, 1.54) is 29.0 Å². The smallest absolute Gasteiger partial charge is 0.418 e. The third-order valence-electron chi connectivity index (χ3n) is 5.01. The molecule has 0 aliphatic heterocycles. The Morgan fingerprint density at radius 1 is 1.21 bits per heavy atom. The first kappa shape index (κ1) is 23.6. The predicted molar refractivity (Wildman–Crippen MR) is 121 cm³/mol. The van der Waals surface area contributed by atoms with E-state index in [9.17, 15) is 22.8 Å². The summed E-state index contributed by atoms with van der Waals surface area (Å²) in [6.07, 6.45) is -3.13. The van der Waals surface area contributed by atoms with Crippen molar-refractivity contribution in [2.24, 2.45) is 0 Å². The Balaban J connectivity index is 1.64. The predicted octanol–water partition coefficient (Wildman–Crippen LogP) is 4.31. The number of alkyl halides is 3. The maximum atomic E-state index is 13.3. The standard InChI is InChI=1S/C22H20F3N5O3S/c1-3-30-19-18(13(2)28-30)27-21(29(20(19)32)11-14-7-6-10-33-14)34-12-17(31)26-16-9-5-4-8-15(16)22(23,24)25/h4-10H,3,11-12H2,1-2H3,(H,26,31). The first-order valence-electron chi connectivity index (χ1n) is 10.3. The van der Waals surface area contributed by atoms with Crippen molar-refractivity contribution in [3.05, 3.63) is 70.0 Å². The lowest BCUT2D eigenvalue weighted by Gasteiger charge is -2.14. The molecular weight excluding hydrogens is 471 g/mol. The average molecular weight is 491 g/mol. The molecule has 1 amide bonds. The van der Waals surface area contributed by atoms with Gasteiger partial charge in [-0.1, -0.05) is 23.9 Å². The number of rotatable bonds is 7. The molecule has 0 atom stereocenters. The van der Waals surface area contributed by atoms with Crippen LogP contribution in [0.3, 0.4) is 0 Å².